The molecule has 9 N–H and O–H groups in total. The molecule has 0 aliphatic heterocycles. The van der Waals surface area contributed by atoms with Gasteiger partial charge in [0, 0.05) is 42.2 Å². The average Bonchev–Trinajstić information content (AvgIpc) is 3.56. The van der Waals surface area contributed by atoms with Crippen LogP contribution in [-0.4, -0.2) is 149 Å². The zero-order valence-electron chi connectivity index (χ0n) is 39.1. The van der Waals surface area contributed by atoms with E-state index >= 15 is 0 Å². The second-order valence-electron chi connectivity index (χ2n) is 16.1. The fourth-order valence-electron chi connectivity index (χ4n) is 8.06. The van der Waals surface area contributed by atoms with Gasteiger partial charge in [-0.25, -0.2) is 9.59 Å². The lowest BCUT2D eigenvalue weighted by Crippen LogP contribution is -2.32. The van der Waals surface area contributed by atoms with Crippen molar-refractivity contribution < 1.29 is 95.9 Å². The van der Waals surface area contributed by atoms with Crippen molar-refractivity contribution in [3.8, 4) is 22.9 Å². The van der Waals surface area contributed by atoms with Gasteiger partial charge in [-0.3, -0.25) is 28.0 Å². The number of aromatic nitrogens is 4. The highest BCUT2D eigenvalue weighted by atomic mass is 32.2. The number of ether oxygens (including phenoxy) is 1. The zero-order valence-corrected chi connectivity index (χ0v) is 42.4. The van der Waals surface area contributed by atoms with E-state index < -0.39 is 172 Å². The van der Waals surface area contributed by atoms with Crippen LogP contribution in [0.4, 0.5) is 29.0 Å². The molecule has 7 aromatic rings. The molecule has 0 radical (unpaired) electrons. The van der Waals surface area contributed by atoms with Crippen LogP contribution in [0.15, 0.2) is 110 Å². The number of fused-ring (bicyclic) bond motifs is 2. The number of carboxylic acids is 2. The van der Waals surface area contributed by atoms with Crippen LogP contribution in [0, 0.1) is 0 Å². The minimum Gasteiger partial charge on any atom is -0.478 e. The fraction of sp³-hybridized carbons (Fsp3) is 0.111. The Morgan fingerprint density at radius 3 is 1.72 bits per heavy atom. The number of aliphatic hydroxyl groups is 2. The number of carbonyl (C=O) groups excluding carboxylic acids is 2. The number of rotatable bonds is 18. The molecule has 0 fully saturated rings. The van der Waals surface area contributed by atoms with Gasteiger partial charge in [-0.05, 0) is 42.0 Å². The average molecular weight is 1150 g/mol. The Bertz CT molecular complexity index is 4180. The number of carbonyl (C=O) groups is 4. The monoisotopic (exact) mass is 1150 g/mol. The molecule has 29 nitrogen and oxygen atoms in total. The molecule has 406 valence electrons. The van der Waals surface area contributed by atoms with E-state index in [9.17, 15) is 83.3 Å². The van der Waals surface area contributed by atoms with Gasteiger partial charge >= 0.3 is 28.6 Å². The Labute approximate surface area is 439 Å². The lowest BCUT2D eigenvalue weighted by atomic mass is 9.80. The molecule has 5 aromatic carbocycles. The number of aromatic carboxylic acids is 2. The summed E-state index contributed by atoms with van der Waals surface area (Å²) in [5, 5.41) is 40.8. The molecule has 2 aromatic heterocycles. The van der Waals surface area contributed by atoms with E-state index in [4.69, 9.17) is 17.4 Å². The van der Waals surface area contributed by atoms with Crippen LogP contribution in [0.3, 0.4) is 0 Å². The van der Waals surface area contributed by atoms with Gasteiger partial charge in [-0.15, -0.1) is 12.6 Å². The third-order valence-corrected chi connectivity index (χ3v) is 13.9. The van der Waals surface area contributed by atoms with E-state index in [1.165, 1.54) is 48.5 Å². The Kier molecular flexibility index (Phi) is 16.0. The number of hydrogen-bond acceptors (Lipinski definition) is 23. The van der Waals surface area contributed by atoms with Gasteiger partial charge in [0.2, 0.25) is 11.9 Å². The summed E-state index contributed by atoms with van der Waals surface area (Å²) in [5.74, 6) is -6.60. The number of aliphatic hydroxyl groups excluding tert-OH is 2. The molecule has 8 rings (SSSR count). The van der Waals surface area contributed by atoms with Crippen molar-refractivity contribution in [1.82, 2.24) is 19.9 Å². The molecule has 1 aliphatic carbocycles. The van der Waals surface area contributed by atoms with Gasteiger partial charge in [0.25, 0.3) is 35.9 Å². The molecule has 0 amide bonds. The number of hydrogen-bond donors (Lipinski definition) is 9. The van der Waals surface area contributed by atoms with Crippen LogP contribution in [0.5, 0.6) is 11.8 Å². The first-order chi connectivity index (χ1) is 36.5. The summed E-state index contributed by atoms with van der Waals surface area (Å²) >= 11 is 0. The largest absolute Gasteiger partial charge is 0.478 e. The molecular formula is C45H35N7O22S4. The number of nitrogens with one attached hydrogen (secondary N) is 2. The molecule has 0 saturated heterocycles. The summed E-state index contributed by atoms with van der Waals surface area (Å²) in [5.41, 5.74) is -7.21. The molecule has 0 unspecified atom stereocenters. The predicted molar refractivity (Wildman–Crippen MR) is 267 cm³/mol. The van der Waals surface area contributed by atoms with E-state index in [0.717, 1.165) is 30.1 Å². The summed E-state index contributed by atoms with van der Waals surface area (Å²) in [6.45, 7) is -1.74. The summed E-state index contributed by atoms with van der Waals surface area (Å²) in [6.07, 6.45) is 0. The minimum absolute atomic E-state index is 0.0148. The Morgan fingerprint density at radius 2 is 1.18 bits per heavy atom. The summed E-state index contributed by atoms with van der Waals surface area (Å²) in [7, 11) is -18.8. The van der Waals surface area contributed by atoms with Gasteiger partial charge < -0.3 is 45.3 Å². The molecule has 0 bridgehead atoms. The maximum atomic E-state index is 14.7. The van der Waals surface area contributed by atoms with Gasteiger partial charge in [0.05, 0.1) is 58.0 Å². The van der Waals surface area contributed by atoms with Crippen molar-refractivity contribution in [2.24, 2.45) is 0 Å². The molecule has 2 heterocycles. The molecule has 0 saturated carbocycles. The van der Waals surface area contributed by atoms with Crippen molar-refractivity contribution in [1.29, 1.82) is 0 Å². The van der Waals surface area contributed by atoms with Crippen molar-refractivity contribution >= 4 is 104 Å². The van der Waals surface area contributed by atoms with E-state index in [2.05, 4.69) is 25.3 Å². The predicted octanol–water partition coefficient (Wildman–Crippen LogP) is 2.38. The molecule has 0 spiro atoms. The van der Waals surface area contributed by atoms with Crippen molar-refractivity contribution in [3.05, 3.63) is 135 Å². The SMILES string of the molecule is CN(c1nc(Oc2cc(C(=O)O)cc(C(=O)O)c2)nc(N(CCO)CCO)n1)c1cc(S(=O)(=O)O)c(Nc2cc(S(=O)(=O)O)c3[nH]c(=O)c(C(=O)c4ccccc4)c4c3c2C(=O)c2ccccc2-4)cc1S(=O)(=O)O.O=S(=O)=O. The minimum atomic E-state index is -5.62. The first-order valence-corrected chi connectivity index (χ1v) is 26.8. The summed E-state index contributed by atoms with van der Waals surface area (Å²) in [6, 6.07) is 16.1. The van der Waals surface area contributed by atoms with Crippen LogP contribution in [0.1, 0.15) is 52.6 Å². The lowest BCUT2D eigenvalue weighted by molar-refractivity contribution is 0.0695. The smallest absolute Gasteiger partial charge is 0.425 e. The third kappa shape index (κ3) is 11.7. The van der Waals surface area contributed by atoms with Crippen LogP contribution < -0.4 is 25.4 Å². The molecule has 33 heteroatoms. The Hall–Kier alpha value is -8.93. The highest BCUT2D eigenvalue weighted by Gasteiger charge is 2.37. The van der Waals surface area contributed by atoms with Crippen LogP contribution in [0.25, 0.3) is 22.0 Å². The Balaban J connectivity index is 0.00000213. The molecular weight excluding hydrogens is 1120 g/mol. The highest BCUT2D eigenvalue weighted by Crippen LogP contribution is 2.47. The number of benzene rings is 5. The summed E-state index contributed by atoms with van der Waals surface area (Å²) in [4.78, 5) is 79.5. The Morgan fingerprint density at radius 1 is 0.654 bits per heavy atom. The van der Waals surface area contributed by atoms with E-state index in [-0.39, 0.29) is 35.3 Å². The second-order valence-corrected chi connectivity index (χ2v) is 20.6. The first kappa shape index (κ1) is 56.8. The fourth-order valence-corrected chi connectivity index (χ4v) is 10.1. The van der Waals surface area contributed by atoms with Gasteiger partial charge in [-0.2, -0.15) is 40.2 Å². The van der Waals surface area contributed by atoms with E-state index in [1.807, 2.05) is 0 Å². The molecule has 78 heavy (non-hydrogen) atoms. The van der Waals surface area contributed by atoms with Crippen LogP contribution in [0.2, 0.25) is 0 Å². The topological polar surface area (TPSA) is 463 Å². The van der Waals surface area contributed by atoms with Gasteiger partial charge in [-0.1, -0.05) is 54.6 Å². The first-order valence-electron chi connectivity index (χ1n) is 21.5. The number of H-pyrrole nitrogens is 1. The standard InChI is InChI=1S/C45H35N7O19S3.O3S/c1-51(43-48-44(52(11-13-53)12-14-54)50-45(49-43)71-24-16-22(41(58)59)15-23(17-24)42(60)61)29-20-30(72(62,63)64)27(18-31(29)73(65,66)67)46-28-19-32(74(68,69)70)37-35-33(25-9-5-6-10-26(25)39(56)34(28)35)36(40(57)47-37)38(55)21-7-3-2-4-8-21;1-4(2)3/h2-10,15-20,46,53-54H,11-14H2,1H3,(H,47,57)(H,58,59)(H,60,61)(H,62,63,64)(H,65,66,67)(H,68,69,70);. The van der Waals surface area contributed by atoms with Crippen molar-refractivity contribution in [3.63, 3.8) is 0 Å². The number of nitrogens with zero attached hydrogens (tertiary/aromatic N) is 5. The number of ketones is 2. The maximum absolute atomic E-state index is 14.7. The van der Waals surface area contributed by atoms with Crippen molar-refractivity contribution in [2.75, 3.05) is 48.5 Å². The quantitative estimate of drug-likeness (QED) is 0.0440. The summed E-state index contributed by atoms with van der Waals surface area (Å²) < 4.78 is 143. The van der Waals surface area contributed by atoms with Crippen LogP contribution in [-0.2, 0) is 41.0 Å². The van der Waals surface area contributed by atoms with E-state index in [1.54, 1.807) is 6.07 Å². The lowest BCUT2D eigenvalue weighted by Gasteiger charge is -2.26. The van der Waals surface area contributed by atoms with Gasteiger partial charge in [0.1, 0.15) is 20.4 Å². The normalized spacial score (nSPS) is 11.9. The molecule has 1 aliphatic rings. The number of carboxylic acid groups (broad SMARTS) is 2. The zero-order chi connectivity index (χ0) is 57.3. The number of aromatic amines is 1. The number of pyridine rings is 1. The molecule has 0 atom stereocenters. The van der Waals surface area contributed by atoms with Gasteiger partial charge in [0.15, 0.2) is 11.6 Å². The maximum Gasteiger partial charge on any atom is 0.425 e. The third-order valence-electron chi connectivity index (χ3n) is 11.2. The van der Waals surface area contributed by atoms with Crippen molar-refractivity contribution in [2.45, 2.75) is 14.7 Å². The highest BCUT2D eigenvalue weighted by molar-refractivity contribution is 7.86. The second kappa shape index (κ2) is 22.0. The van der Waals surface area contributed by atoms with E-state index in [0.29, 0.717) is 23.1 Å². The number of anilines is 5. The van der Waals surface area contributed by atoms with Crippen LogP contribution >= 0.6 is 0 Å².